The number of nitrogens with two attached hydrogens (primary N) is 1. The number of hydrogen-bond donors (Lipinski definition) is 1. The number of rotatable bonds is 2. The van der Waals surface area contributed by atoms with Gasteiger partial charge in [-0.1, -0.05) is 13.8 Å². The lowest BCUT2D eigenvalue weighted by Crippen LogP contribution is -2.34. The Hall–Kier alpha value is -1.29. The summed E-state index contributed by atoms with van der Waals surface area (Å²) in [5, 5.41) is 0. The van der Waals surface area contributed by atoms with Crippen LogP contribution in [-0.2, 0) is 11.2 Å². The van der Waals surface area contributed by atoms with Crippen molar-refractivity contribution in [1.82, 2.24) is 9.47 Å². The van der Waals surface area contributed by atoms with Gasteiger partial charge in [0.05, 0.1) is 0 Å². The van der Waals surface area contributed by atoms with Crippen molar-refractivity contribution in [3.63, 3.8) is 0 Å². The molecule has 0 radical (unpaired) electrons. The minimum Gasteiger partial charge on any atom is -0.347 e. The molecule has 2 unspecified atom stereocenters. The normalized spacial score (nSPS) is 22.7. The summed E-state index contributed by atoms with van der Waals surface area (Å²) in [6.45, 7) is 6.44. The van der Waals surface area contributed by atoms with Crippen molar-refractivity contribution in [2.75, 3.05) is 14.1 Å². The topological polar surface area (TPSA) is 51.3 Å². The zero-order valence-electron chi connectivity index (χ0n) is 12.6. The van der Waals surface area contributed by atoms with Gasteiger partial charge in [-0.25, -0.2) is 0 Å². The smallest absolute Gasteiger partial charge is 0.244 e. The number of nitrogens with zero attached hydrogens (tertiary/aromatic N) is 2. The Morgan fingerprint density at radius 2 is 2.16 bits per heavy atom. The first kappa shape index (κ1) is 14.1. The Morgan fingerprint density at radius 1 is 1.53 bits per heavy atom. The molecule has 2 rings (SSSR count). The Labute approximate surface area is 115 Å². The molecule has 1 heterocycles. The average molecular weight is 263 g/mol. The SMILES string of the molecule is CC(C(=O)N(C)C)n1ccc2c1CC(C)(C)CC2N. The number of amides is 1. The van der Waals surface area contributed by atoms with E-state index in [2.05, 4.69) is 24.5 Å². The molecule has 0 spiro atoms. The zero-order valence-corrected chi connectivity index (χ0v) is 12.6. The summed E-state index contributed by atoms with van der Waals surface area (Å²) < 4.78 is 2.10. The van der Waals surface area contributed by atoms with Gasteiger partial charge in [0.15, 0.2) is 0 Å². The van der Waals surface area contributed by atoms with Crippen LogP contribution in [0.3, 0.4) is 0 Å². The molecule has 4 nitrogen and oxygen atoms in total. The molecule has 19 heavy (non-hydrogen) atoms. The first-order valence-corrected chi connectivity index (χ1v) is 6.89. The lowest BCUT2D eigenvalue weighted by atomic mass is 9.74. The van der Waals surface area contributed by atoms with Crippen LogP contribution in [0.2, 0.25) is 0 Å². The van der Waals surface area contributed by atoms with Crippen molar-refractivity contribution in [3.8, 4) is 0 Å². The van der Waals surface area contributed by atoms with Gasteiger partial charge in [-0.2, -0.15) is 0 Å². The fourth-order valence-electron chi connectivity index (χ4n) is 3.11. The quantitative estimate of drug-likeness (QED) is 0.888. The van der Waals surface area contributed by atoms with E-state index in [0.29, 0.717) is 0 Å². The van der Waals surface area contributed by atoms with Crippen LogP contribution in [0.1, 0.15) is 50.5 Å². The van der Waals surface area contributed by atoms with Gasteiger partial charge in [0.25, 0.3) is 0 Å². The number of carbonyl (C=O) groups is 1. The number of carbonyl (C=O) groups excluding carboxylic acids is 1. The van der Waals surface area contributed by atoms with Crippen LogP contribution in [0.15, 0.2) is 12.3 Å². The maximum absolute atomic E-state index is 12.1. The molecule has 2 N–H and O–H groups in total. The highest BCUT2D eigenvalue weighted by Crippen LogP contribution is 2.40. The Kier molecular flexibility index (Phi) is 3.47. The molecule has 0 aliphatic heterocycles. The predicted molar refractivity (Wildman–Crippen MR) is 76.9 cm³/mol. The van der Waals surface area contributed by atoms with E-state index >= 15 is 0 Å². The highest BCUT2D eigenvalue weighted by Gasteiger charge is 2.34. The van der Waals surface area contributed by atoms with Crippen molar-refractivity contribution in [1.29, 1.82) is 0 Å². The molecule has 1 aliphatic carbocycles. The largest absolute Gasteiger partial charge is 0.347 e. The van der Waals surface area contributed by atoms with Crippen molar-refractivity contribution in [2.24, 2.45) is 11.1 Å². The first-order chi connectivity index (χ1) is 8.73. The van der Waals surface area contributed by atoms with Crippen molar-refractivity contribution in [3.05, 3.63) is 23.5 Å². The van der Waals surface area contributed by atoms with E-state index < -0.39 is 0 Å². The molecule has 1 amide bonds. The molecule has 0 bridgehead atoms. The summed E-state index contributed by atoms with van der Waals surface area (Å²) in [6.07, 6.45) is 3.99. The third-order valence-corrected chi connectivity index (χ3v) is 4.09. The second-order valence-corrected chi connectivity index (χ2v) is 6.69. The van der Waals surface area contributed by atoms with E-state index in [0.717, 1.165) is 12.8 Å². The molecule has 1 aromatic rings. The summed E-state index contributed by atoms with van der Waals surface area (Å²) in [5.74, 6) is 0.121. The predicted octanol–water partition coefficient (Wildman–Crippen LogP) is 2.11. The van der Waals surface area contributed by atoms with E-state index in [1.807, 2.05) is 13.1 Å². The molecule has 2 atom stereocenters. The van der Waals surface area contributed by atoms with Crippen LogP contribution < -0.4 is 5.73 Å². The van der Waals surface area contributed by atoms with Crippen LogP contribution >= 0.6 is 0 Å². The molecular weight excluding hydrogens is 238 g/mol. The van der Waals surface area contributed by atoms with Crippen LogP contribution in [0, 0.1) is 5.41 Å². The summed E-state index contributed by atoms with van der Waals surface area (Å²) >= 11 is 0. The van der Waals surface area contributed by atoms with Crippen LogP contribution in [0.5, 0.6) is 0 Å². The van der Waals surface area contributed by atoms with E-state index in [1.54, 1.807) is 19.0 Å². The van der Waals surface area contributed by atoms with E-state index in [1.165, 1.54) is 11.3 Å². The zero-order chi connectivity index (χ0) is 14.4. The monoisotopic (exact) mass is 263 g/mol. The molecule has 0 fully saturated rings. The molecule has 0 saturated heterocycles. The van der Waals surface area contributed by atoms with Gasteiger partial charge in [0, 0.05) is 32.0 Å². The van der Waals surface area contributed by atoms with Crippen LogP contribution in [0.25, 0.3) is 0 Å². The van der Waals surface area contributed by atoms with Gasteiger partial charge in [0.1, 0.15) is 6.04 Å². The summed E-state index contributed by atoms with van der Waals surface area (Å²) in [5.41, 5.74) is 8.89. The van der Waals surface area contributed by atoms with E-state index in [9.17, 15) is 4.79 Å². The van der Waals surface area contributed by atoms with E-state index in [4.69, 9.17) is 5.73 Å². The lowest BCUT2D eigenvalue weighted by Gasteiger charge is -2.35. The molecule has 1 aromatic heterocycles. The Bertz CT molecular complexity index is 488. The van der Waals surface area contributed by atoms with Gasteiger partial charge in [-0.05, 0) is 36.8 Å². The molecule has 0 saturated carbocycles. The fourth-order valence-corrected chi connectivity index (χ4v) is 3.11. The molecular formula is C15H25N3O. The summed E-state index contributed by atoms with van der Waals surface area (Å²) in [7, 11) is 3.59. The van der Waals surface area contributed by atoms with Gasteiger partial charge < -0.3 is 15.2 Å². The lowest BCUT2D eigenvalue weighted by molar-refractivity contribution is -0.131. The second kappa shape index (κ2) is 4.67. The molecule has 1 aliphatic rings. The Balaban J connectivity index is 2.38. The number of likely N-dealkylation sites (N-methyl/N-ethyl adjacent to an activating group) is 1. The standard InChI is InChI=1S/C15H25N3O/c1-10(14(19)17(4)5)18-7-6-11-12(16)8-15(2,3)9-13(11)18/h6-7,10,12H,8-9,16H2,1-5H3. The number of fused-ring (bicyclic) bond motifs is 1. The minimum atomic E-state index is -0.167. The maximum atomic E-state index is 12.1. The highest BCUT2D eigenvalue weighted by atomic mass is 16.2. The maximum Gasteiger partial charge on any atom is 0.244 e. The molecule has 0 aromatic carbocycles. The summed E-state index contributed by atoms with van der Waals surface area (Å²) in [6, 6.07) is 2.00. The fraction of sp³-hybridized carbons (Fsp3) is 0.667. The first-order valence-electron chi connectivity index (χ1n) is 6.89. The van der Waals surface area contributed by atoms with Gasteiger partial charge in [-0.15, -0.1) is 0 Å². The summed E-state index contributed by atoms with van der Waals surface area (Å²) in [4.78, 5) is 13.8. The number of aromatic nitrogens is 1. The van der Waals surface area contributed by atoms with Crippen molar-refractivity contribution >= 4 is 5.91 Å². The van der Waals surface area contributed by atoms with Crippen LogP contribution in [-0.4, -0.2) is 29.5 Å². The Morgan fingerprint density at radius 3 is 2.74 bits per heavy atom. The molecule has 4 heteroatoms. The average Bonchev–Trinajstić information content (AvgIpc) is 2.68. The van der Waals surface area contributed by atoms with Crippen LogP contribution in [0.4, 0.5) is 0 Å². The minimum absolute atomic E-state index is 0.0849. The third kappa shape index (κ3) is 2.54. The van der Waals surface area contributed by atoms with Gasteiger partial charge in [-0.3, -0.25) is 4.79 Å². The highest BCUT2D eigenvalue weighted by molar-refractivity contribution is 5.79. The van der Waals surface area contributed by atoms with Gasteiger partial charge >= 0.3 is 0 Å². The van der Waals surface area contributed by atoms with E-state index in [-0.39, 0.29) is 23.4 Å². The van der Waals surface area contributed by atoms with Gasteiger partial charge in [0.2, 0.25) is 5.91 Å². The van der Waals surface area contributed by atoms with Crippen molar-refractivity contribution in [2.45, 2.75) is 45.7 Å². The second-order valence-electron chi connectivity index (χ2n) is 6.69. The van der Waals surface area contributed by atoms with Crippen molar-refractivity contribution < 1.29 is 4.79 Å². The third-order valence-electron chi connectivity index (χ3n) is 4.09. The molecule has 106 valence electrons. The number of hydrogen-bond acceptors (Lipinski definition) is 2.